The van der Waals surface area contributed by atoms with E-state index in [1.54, 1.807) is 0 Å². The van der Waals surface area contributed by atoms with Crippen LogP contribution in [-0.2, 0) is 14.3 Å². The van der Waals surface area contributed by atoms with Crippen LogP contribution in [0.15, 0.2) is 18.2 Å². The number of benzene rings is 1. The van der Waals surface area contributed by atoms with Gasteiger partial charge in [-0.3, -0.25) is 4.79 Å². The molecule has 2 N–H and O–H groups in total. The molecule has 0 aliphatic carbocycles. The van der Waals surface area contributed by atoms with Crippen molar-refractivity contribution in [3.05, 3.63) is 29.3 Å². The first-order valence-electron chi connectivity index (χ1n) is 6.65. The van der Waals surface area contributed by atoms with E-state index in [0.717, 1.165) is 16.9 Å². The van der Waals surface area contributed by atoms with Gasteiger partial charge in [0.25, 0.3) is 0 Å². The van der Waals surface area contributed by atoms with Crippen molar-refractivity contribution in [3.8, 4) is 5.75 Å². The first-order valence-corrected chi connectivity index (χ1v) is 6.65. The number of rotatable bonds is 8. The van der Waals surface area contributed by atoms with Crippen LogP contribution in [0.5, 0.6) is 5.75 Å². The molecule has 21 heavy (non-hydrogen) atoms. The lowest BCUT2D eigenvalue weighted by atomic mass is 10.1. The number of methoxy groups -OCH3 is 1. The first kappa shape index (κ1) is 17.0. The van der Waals surface area contributed by atoms with Crippen molar-refractivity contribution in [3.63, 3.8) is 0 Å². The van der Waals surface area contributed by atoms with E-state index in [-0.39, 0.29) is 25.5 Å². The molecule has 0 spiro atoms. The average Bonchev–Trinajstić information content (AvgIpc) is 2.43. The van der Waals surface area contributed by atoms with Gasteiger partial charge in [0.2, 0.25) is 5.91 Å². The number of carboxylic acids is 1. The lowest BCUT2D eigenvalue weighted by Gasteiger charge is -2.14. The Kier molecular flexibility index (Phi) is 6.68. The maximum absolute atomic E-state index is 11.7. The van der Waals surface area contributed by atoms with E-state index >= 15 is 0 Å². The Morgan fingerprint density at radius 3 is 2.67 bits per heavy atom. The summed E-state index contributed by atoms with van der Waals surface area (Å²) in [6.45, 7) is 4.05. The van der Waals surface area contributed by atoms with Crippen molar-refractivity contribution in [1.29, 1.82) is 0 Å². The highest BCUT2D eigenvalue weighted by Crippen LogP contribution is 2.20. The molecule has 0 aliphatic heterocycles. The lowest BCUT2D eigenvalue weighted by Crippen LogP contribution is -2.44. The summed E-state index contributed by atoms with van der Waals surface area (Å²) in [5.41, 5.74) is 2.14. The number of carbonyl (C=O) groups excluding carboxylic acids is 1. The molecular weight excluding hydrogens is 274 g/mol. The third kappa shape index (κ3) is 5.43. The van der Waals surface area contributed by atoms with Crippen LogP contribution in [0.25, 0.3) is 0 Å². The van der Waals surface area contributed by atoms with E-state index in [0.29, 0.717) is 0 Å². The smallest absolute Gasteiger partial charge is 0.328 e. The summed E-state index contributed by atoms with van der Waals surface area (Å²) in [5.74, 6) is -0.778. The predicted molar refractivity (Wildman–Crippen MR) is 77.5 cm³/mol. The lowest BCUT2D eigenvalue weighted by molar-refractivity contribution is -0.143. The van der Waals surface area contributed by atoms with Gasteiger partial charge in [0.1, 0.15) is 5.75 Å². The van der Waals surface area contributed by atoms with Crippen LogP contribution < -0.4 is 10.1 Å². The van der Waals surface area contributed by atoms with Crippen molar-refractivity contribution in [2.75, 3.05) is 20.3 Å². The van der Waals surface area contributed by atoms with Crippen molar-refractivity contribution in [2.24, 2.45) is 0 Å². The fraction of sp³-hybridized carbons (Fsp3) is 0.467. The summed E-state index contributed by atoms with van der Waals surface area (Å²) < 4.78 is 10.3. The number of carbonyl (C=O) groups is 2. The number of nitrogens with one attached hydrogen (secondary N) is 1. The van der Waals surface area contributed by atoms with E-state index in [2.05, 4.69) is 5.32 Å². The van der Waals surface area contributed by atoms with Gasteiger partial charge in [-0.2, -0.15) is 0 Å². The monoisotopic (exact) mass is 295 g/mol. The van der Waals surface area contributed by atoms with Gasteiger partial charge in [0.05, 0.1) is 19.6 Å². The molecule has 0 saturated carbocycles. The fourth-order valence-corrected chi connectivity index (χ4v) is 1.74. The van der Waals surface area contributed by atoms with Crippen LogP contribution in [-0.4, -0.2) is 43.3 Å². The highest BCUT2D eigenvalue weighted by atomic mass is 16.5. The van der Waals surface area contributed by atoms with Gasteiger partial charge in [-0.15, -0.1) is 0 Å². The summed E-state index contributed by atoms with van der Waals surface area (Å²) in [6, 6.07) is 4.67. The van der Waals surface area contributed by atoms with Crippen LogP contribution in [0.2, 0.25) is 0 Å². The van der Waals surface area contributed by atoms with Gasteiger partial charge in [-0.05, 0) is 31.0 Å². The van der Waals surface area contributed by atoms with Gasteiger partial charge in [0.15, 0.2) is 6.04 Å². The van der Waals surface area contributed by atoms with E-state index in [1.807, 2.05) is 32.0 Å². The molecule has 6 nitrogen and oxygen atoms in total. The van der Waals surface area contributed by atoms with Gasteiger partial charge < -0.3 is 19.9 Å². The molecule has 1 atom stereocenters. The second kappa shape index (κ2) is 8.26. The summed E-state index contributed by atoms with van der Waals surface area (Å²) in [4.78, 5) is 22.5. The average molecular weight is 295 g/mol. The first-order chi connectivity index (χ1) is 9.95. The van der Waals surface area contributed by atoms with Crippen molar-refractivity contribution < 1.29 is 24.2 Å². The molecule has 1 amide bonds. The molecule has 1 aromatic carbocycles. The maximum atomic E-state index is 11.7. The number of carboxylic acid groups (broad SMARTS) is 1. The number of hydrogen-bond donors (Lipinski definition) is 2. The number of aliphatic carboxylic acids is 1. The zero-order valence-corrected chi connectivity index (χ0v) is 12.5. The van der Waals surface area contributed by atoms with Crippen molar-refractivity contribution >= 4 is 11.9 Å². The van der Waals surface area contributed by atoms with E-state index in [1.165, 1.54) is 7.11 Å². The predicted octanol–water partition coefficient (Wildman–Crippen LogP) is 1.29. The van der Waals surface area contributed by atoms with E-state index in [9.17, 15) is 9.59 Å². The van der Waals surface area contributed by atoms with Crippen LogP contribution in [0.1, 0.15) is 17.5 Å². The minimum absolute atomic E-state index is 0.0705. The SMILES string of the molecule is COCC(NC(=O)CCOc1cccc(C)c1C)C(=O)O. The van der Waals surface area contributed by atoms with Gasteiger partial charge in [-0.25, -0.2) is 4.79 Å². The van der Waals surface area contributed by atoms with Crippen LogP contribution >= 0.6 is 0 Å². The Hall–Kier alpha value is -2.08. The zero-order chi connectivity index (χ0) is 15.8. The third-order valence-electron chi connectivity index (χ3n) is 3.11. The molecule has 0 radical (unpaired) electrons. The zero-order valence-electron chi connectivity index (χ0n) is 12.5. The molecule has 0 saturated heterocycles. The quantitative estimate of drug-likeness (QED) is 0.755. The molecule has 0 aliphatic rings. The van der Waals surface area contributed by atoms with Crippen LogP contribution in [0.4, 0.5) is 0 Å². The summed E-state index contributed by atoms with van der Waals surface area (Å²) in [6.07, 6.45) is 0.0842. The molecular formula is C15H21NO5. The Morgan fingerprint density at radius 2 is 2.05 bits per heavy atom. The second-order valence-corrected chi connectivity index (χ2v) is 4.71. The summed E-state index contributed by atoms with van der Waals surface area (Å²) in [5, 5.41) is 11.3. The highest BCUT2D eigenvalue weighted by molar-refractivity contribution is 5.83. The number of aryl methyl sites for hydroxylation is 1. The van der Waals surface area contributed by atoms with Crippen LogP contribution in [0, 0.1) is 13.8 Å². The second-order valence-electron chi connectivity index (χ2n) is 4.71. The highest BCUT2D eigenvalue weighted by Gasteiger charge is 2.19. The Bertz CT molecular complexity index is 501. The molecule has 6 heteroatoms. The third-order valence-corrected chi connectivity index (χ3v) is 3.11. The van der Waals surface area contributed by atoms with E-state index < -0.39 is 12.0 Å². The number of ether oxygens (including phenoxy) is 2. The normalized spacial score (nSPS) is 11.8. The Labute approximate surface area is 124 Å². The minimum Gasteiger partial charge on any atom is -0.493 e. The molecule has 0 bridgehead atoms. The molecule has 116 valence electrons. The number of hydrogen-bond acceptors (Lipinski definition) is 4. The van der Waals surface area contributed by atoms with Crippen molar-refractivity contribution in [2.45, 2.75) is 26.3 Å². The number of amides is 1. The topological polar surface area (TPSA) is 84.9 Å². The minimum atomic E-state index is -1.12. The molecule has 1 unspecified atom stereocenters. The Morgan fingerprint density at radius 1 is 1.33 bits per heavy atom. The van der Waals surface area contributed by atoms with Gasteiger partial charge >= 0.3 is 5.97 Å². The molecule has 0 aromatic heterocycles. The summed E-state index contributed by atoms with van der Waals surface area (Å²) in [7, 11) is 1.38. The van der Waals surface area contributed by atoms with Crippen molar-refractivity contribution in [1.82, 2.24) is 5.32 Å². The summed E-state index contributed by atoms with van der Waals surface area (Å²) >= 11 is 0. The Balaban J connectivity index is 2.43. The van der Waals surface area contributed by atoms with Gasteiger partial charge in [-0.1, -0.05) is 12.1 Å². The molecule has 0 heterocycles. The molecule has 1 rings (SSSR count). The van der Waals surface area contributed by atoms with E-state index in [4.69, 9.17) is 14.6 Å². The van der Waals surface area contributed by atoms with Crippen LogP contribution in [0.3, 0.4) is 0 Å². The van der Waals surface area contributed by atoms with Gasteiger partial charge in [0, 0.05) is 7.11 Å². The fourth-order valence-electron chi connectivity index (χ4n) is 1.74. The molecule has 1 aromatic rings. The molecule has 0 fully saturated rings. The maximum Gasteiger partial charge on any atom is 0.328 e. The largest absolute Gasteiger partial charge is 0.493 e. The standard InChI is InChI=1S/C15H21NO5/c1-10-5-4-6-13(11(10)2)21-8-7-14(17)16-12(9-20-3)15(18)19/h4-6,12H,7-9H2,1-3H3,(H,16,17)(H,18,19).